The van der Waals surface area contributed by atoms with Gasteiger partial charge in [0, 0.05) is 30.8 Å². The van der Waals surface area contributed by atoms with Crippen molar-refractivity contribution in [2.24, 2.45) is 13.0 Å². The second-order valence-corrected chi connectivity index (χ2v) is 18.7. The molecule has 3 aromatic rings. The number of hydrogen-bond acceptors (Lipinski definition) is 12. The standard InChI is InChI=1S/C39H49ClN8O9S/c1-22(2)56-31-18-30(25-13-14-26(40)33(55-5)32(25)43-31)57-24-17-29-35(50)44-39(37(52)46-58(53,54)38(3)15-16-38)19-23(39)11-9-7-6-8-10-12-27(36(51)48(29)21-24)42-34(49)28-20-41-47(4)45-28/h9,11,13-14,18,20,22-24,27,29H,6-8,10,12,15-17,19,21H2,1-5H3,(H,42,49)(H,44,50)(H,46,52)/b11-9-/t23-,24-,27+,29+,39-/m1/s1. The molecule has 2 aliphatic carbocycles. The number of rotatable bonds is 10. The molecule has 4 amide bonds. The molecule has 2 saturated carbocycles. The highest BCUT2D eigenvalue weighted by molar-refractivity contribution is 7.91. The Hall–Kier alpha value is -4.97. The molecule has 312 valence electrons. The highest BCUT2D eigenvalue weighted by atomic mass is 35.5. The van der Waals surface area contributed by atoms with Crippen molar-refractivity contribution in [2.75, 3.05) is 13.7 Å². The van der Waals surface area contributed by atoms with Crippen molar-refractivity contribution >= 4 is 56.2 Å². The quantitative estimate of drug-likeness (QED) is 0.251. The molecule has 2 aromatic heterocycles. The average Bonchev–Trinajstić information content (AvgIpc) is 3.96. The largest absolute Gasteiger partial charge is 0.493 e. The third-order valence-corrected chi connectivity index (χ3v) is 13.7. The fourth-order valence-corrected chi connectivity index (χ4v) is 9.13. The van der Waals surface area contributed by atoms with Crippen molar-refractivity contribution in [1.29, 1.82) is 0 Å². The van der Waals surface area contributed by atoms with Crippen molar-refractivity contribution in [1.82, 2.24) is 40.2 Å². The first-order chi connectivity index (χ1) is 27.5. The van der Waals surface area contributed by atoms with Gasteiger partial charge in [-0.15, -0.1) is 5.10 Å². The van der Waals surface area contributed by atoms with Crippen LogP contribution in [0.15, 0.2) is 36.5 Å². The summed E-state index contributed by atoms with van der Waals surface area (Å²) in [5.74, 6) is -2.19. The molecule has 1 aromatic carbocycles. The van der Waals surface area contributed by atoms with Gasteiger partial charge in [-0.05, 0) is 71.4 Å². The van der Waals surface area contributed by atoms with Gasteiger partial charge in [0.25, 0.3) is 11.8 Å². The van der Waals surface area contributed by atoms with Crippen LogP contribution in [0, 0.1) is 5.92 Å². The van der Waals surface area contributed by atoms with Gasteiger partial charge in [0.1, 0.15) is 35.0 Å². The number of ether oxygens (including phenoxy) is 3. The Morgan fingerprint density at radius 2 is 1.91 bits per heavy atom. The zero-order chi connectivity index (χ0) is 41.6. The Labute approximate surface area is 341 Å². The molecule has 0 spiro atoms. The minimum absolute atomic E-state index is 0.00805. The number of carbonyl (C=O) groups excluding carboxylic acids is 4. The number of amides is 4. The smallest absolute Gasteiger partial charge is 0.274 e. The van der Waals surface area contributed by atoms with Crippen LogP contribution >= 0.6 is 11.6 Å². The second-order valence-electron chi connectivity index (χ2n) is 16.1. The lowest BCUT2D eigenvalue weighted by Crippen LogP contribution is -2.58. The number of carbonyl (C=O) groups is 4. The van der Waals surface area contributed by atoms with Gasteiger partial charge in [-0.1, -0.05) is 36.6 Å². The van der Waals surface area contributed by atoms with Crippen LogP contribution in [0.4, 0.5) is 0 Å². The number of benzene rings is 1. The Morgan fingerprint density at radius 1 is 1.14 bits per heavy atom. The minimum Gasteiger partial charge on any atom is -0.493 e. The van der Waals surface area contributed by atoms with Crippen LogP contribution in [0.3, 0.4) is 0 Å². The molecule has 2 aliphatic heterocycles. The van der Waals surface area contributed by atoms with Crippen molar-refractivity contribution in [3.05, 3.63) is 47.3 Å². The zero-order valence-corrected chi connectivity index (χ0v) is 34.7. The molecule has 5 atom stereocenters. The summed E-state index contributed by atoms with van der Waals surface area (Å²) in [7, 11) is -0.977. The van der Waals surface area contributed by atoms with Crippen LogP contribution in [0.1, 0.15) is 89.0 Å². The highest BCUT2D eigenvalue weighted by Gasteiger charge is 2.63. The zero-order valence-electron chi connectivity index (χ0n) is 33.1. The van der Waals surface area contributed by atoms with Gasteiger partial charge in [-0.2, -0.15) is 9.90 Å². The van der Waals surface area contributed by atoms with Gasteiger partial charge in [0.15, 0.2) is 11.4 Å². The fourth-order valence-electron chi connectivity index (χ4n) is 7.59. The van der Waals surface area contributed by atoms with E-state index >= 15 is 0 Å². The Balaban J connectivity index is 1.23. The second kappa shape index (κ2) is 16.0. The van der Waals surface area contributed by atoms with Crippen LogP contribution in [0.5, 0.6) is 17.4 Å². The first kappa shape index (κ1) is 41.2. The number of sulfonamides is 1. The summed E-state index contributed by atoms with van der Waals surface area (Å²) in [6.07, 6.45) is 8.13. The van der Waals surface area contributed by atoms with E-state index in [1.165, 1.54) is 23.0 Å². The van der Waals surface area contributed by atoms with Crippen LogP contribution < -0.4 is 29.6 Å². The van der Waals surface area contributed by atoms with Crippen molar-refractivity contribution < 1.29 is 41.8 Å². The van der Waals surface area contributed by atoms with E-state index in [9.17, 15) is 27.6 Å². The number of halogens is 1. The number of hydrogen-bond donors (Lipinski definition) is 3. The molecule has 0 bridgehead atoms. The Kier molecular flexibility index (Phi) is 11.4. The van der Waals surface area contributed by atoms with Crippen molar-refractivity contribution in [3.63, 3.8) is 0 Å². The van der Waals surface area contributed by atoms with Crippen LogP contribution in [-0.4, -0.2) is 105 Å². The summed E-state index contributed by atoms with van der Waals surface area (Å²) in [6, 6.07) is 2.78. The number of nitrogens with one attached hydrogen (secondary N) is 3. The summed E-state index contributed by atoms with van der Waals surface area (Å²) >= 11 is 6.47. The molecular formula is C39H49ClN8O9S. The van der Waals surface area contributed by atoms with E-state index in [1.807, 2.05) is 26.0 Å². The first-order valence-electron chi connectivity index (χ1n) is 19.6. The highest BCUT2D eigenvalue weighted by Crippen LogP contribution is 2.48. The number of aryl methyl sites for hydroxylation is 1. The fraction of sp³-hybridized carbons (Fsp3) is 0.564. The van der Waals surface area contributed by atoms with E-state index in [1.54, 1.807) is 32.2 Å². The van der Waals surface area contributed by atoms with Gasteiger partial charge in [0.2, 0.25) is 27.7 Å². The van der Waals surface area contributed by atoms with E-state index in [4.69, 9.17) is 25.8 Å². The van der Waals surface area contributed by atoms with Crippen LogP contribution in [0.25, 0.3) is 10.9 Å². The molecule has 4 aliphatic rings. The SMILES string of the molecule is COc1c(Cl)ccc2c(O[C@@H]3C[C@H]4C(=O)N[C@]5(C(=O)NS(=O)(=O)C6(C)CC6)C[C@H]5/C=C\CCCCC[C@H](NC(=O)c5cnn(C)n5)C(=O)N4C3)cc(OC(C)C)nc12. The maximum Gasteiger partial charge on any atom is 0.274 e. The van der Waals surface area contributed by atoms with E-state index in [0.29, 0.717) is 53.1 Å². The molecule has 7 rings (SSSR count). The molecular weight excluding hydrogens is 792 g/mol. The van der Waals surface area contributed by atoms with Gasteiger partial charge in [-0.25, -0.2) is 13.4 Å². The molecule has 0 unspecified atom stereocenters. The predicted molar refractivity (Wildman–Crippen MR) is 212 cm³/mol. The lowest BCUT2D eigenvalue weighted by molar-refractivity contribution is -0.141. The number of nitrogens with zero attached hydrogens (tertiary/aromatic N) is 5. The molecule has 1 saturated heterocycles. The van der Waals surface area contributed by atoms with E-state index in [2.05, 4.69) is 30.5 Å². The lowest BCUT2D eigenvalue weighted by atomic mass is 10.0. The third kappa shape index (κ3) is 8.30. The van der Waals surface area contributed by atoms with Crippen molar-refractivity contribution in [3.8, 4) is 17.4 Å². The maximum absolute atomic E-state index is 14.7. The van der Waals surface area contributed by atoms with E-state index in [-0.39, 0.29) is 43.5 Å². The number of methoxy groups -OCH3 is 1. The maximum atomic E-state index is 14.7. The Morgan fingerprint density at radius 3 is 2.60 bits per heavy atom. The first-order valence-corrected chi connectivity index (χ1v) is 21.4. The van der Waals surface area contributed by atoms with E-state index in [0.717, 1.165) is 12.8 Å². The number of pyridine rings is 1. The minimum atomic E-state index is -4.02. The lowest BCUT2D eigenvalue weighted by Gasteiger charge is -2.30. The monoisotopic (exact) mass is 840 g/mol. The summed E-state index contributed by atoms with van der Waals surface area (Å²) < 4.78 is 45.8. The molecule has 58 heavy (non-hydrogen) atoms. The Bertz CT molecular complexity index is 2260. The van der Waals surface area contributed by atoms with Gasteiger partial charge < -0.3 is 29.7 Å². The topological polar surface area (TPSA) is 213 Å². The molecule has 3 fully saturated rings. The summed E-state index contributed by atoms with van der Waals surface area (Å²) in [5, 5.41) is 14.6. The normalized spacial score (nSPS) is 26.4. The number of allylic oxidation sites excluding steroid dienone is 1. The van der Waals surface area contributed by atoms with Crippen LogP contribution in [-0.2, 0) is 31.5 Å². The summed E-state index contributed by atoms with van der Waals surface area (Å²) in [5.41, 5.74) is -1.15. The predicted octanol–water partition coefficient (Wildman–Crippen LogP) is 3.35. The number of aromatic nitrogens is 4. The van der Waals surface area contributed by atoms with Crippen LogP contribution in [0.2, 0.25) is 5.02 Å². The number of fused-ring (bicyclic) bond motifs is 3. The molecule has 3 N–H and O–H groups in total. The van der Waals surface area contributed by atoms with Gasteiger partial charge in [-0.3, -0.25) is 23.9 Å². The van der Waals surface area contributed by atoms with E-state index < -0.39 is 68.0 Å². The van der Waals surface area contributed by atoms with Gasteiger partial charge in [0.05, 0.1) is 35.7 Å². The third-order valence-electron chi connectivity index (χ3n) is 11.3. The summed E-state index contributed by atoms with van der Waals surface area (Å²) in [4.78, 5) is 63.8. The van der Waals surface area contributed by atoms with Gasteiger partial charge >= 0.3 is 0 Å². The molecule has 0 radical (unpaired) electrons. The van der Waals surface area contributed by atoms with Crippen molar-refractivity contribution in [2.45, 2.75) is 113 Å². The molecule has 19 heteroatoms. The summed E-state index contributed by atoms with van der Waals surface area (Å²) in [6.45, 7) is 5.21. The average molecular weight is 841 g/mol. The molecule has 4 heterocycles. The molecule has 17 nitrogen and oxygen atoms in total.